The van der Waals surface area contributed by atoms with E-state index < -0.39 is 0 Å². The molecule has 0 bridgehead atoms. The second kappa shape index (κ2) is 5.70. The van der Waals surface area contributed by atoms with Crippen molar-refractivity contribution in [1.29, 1.82) is 0 Å². The summed E-state index contributed by atoms with van der Waals surface area (Å²) in [6, 6.07) is 6.62. The summed E-state index contributed by atoms with van der Waals surface area (Å²) >= 11 is 0. The molecule has 0 fully saturated rings. The highest BCUT2D eigenvalue weighted by Gasteiger charge is 1.97. The number of hydrogen-bond acceptors (Lipinski definition) is 4. The monoisotopic (exact) mass is 205 g/mol. The molecular weight excluding hydrogens is 194 g/mol. The number of benzene rings is 1. The molecule has 1 aromatic carbocycles. The van der Waals surface area contributed by atoms with Crippen LogP contribution in [-0.2, 0) is 9.53 Å². The molecular formula is C11H11NO3. The van der Waals surface area contributed by atoms with E-state index in [1.165, 1.54) is 0 Å². The molecule has 15 heavy (non-hydrogen) atoms. The minimum Gasteiger partial charge on any atom is -0.490 e. The first-order valence-corrected chi connectivity index (χ1v) is 4.53. The van der Waals surface area contributed by atoms with Gasteiger partial charge in [0.15, 0.2) is 12.0 Å². The smallest absolute Gasteiger partial charge is 0.184 e. The highest BCUT2D eigenvalue weighted by atomic mass is 16.5. The first kappa shape index (κ1) is 11.1. The third-order valence-corrected chi connectivity index (χ3v) is 1.71. The molecule has 0 heterocycles. The van der Waals surface area contributed by atoms with E-state index in [4.69, 9.17) is 4.74 Å². The molecule has 0 N–H and O–H groups in total. The Hall–Kier alpha value is -1.97. The lowest BCUT2D eigenvalue weighted by Crippen LogP contribution is -1.92. The summed E-state index contributed by atoms with van der Waals surface area (Å²) in [4.78, 5) is 20.8. The molecule has 0 unspecified atom stereocenters. The second-order valence-electron chi connectivity index (χ2n) is 2.78. The fourth-order valence-corrected chi connectivity index (χ4v) is 1.11. The number of carbonyl (C=O) groups is 1. The van der Waals surface area contributed by atoms with Crippen LogP contribution in [-0.4, -0.2) is 12.9 Å². The molecule has 1 aromatic rings. The van der Waals surface area contributed by atoms with Crippen molar-refractivity contribution in [3.8, 4) is 0 Å². The largest absolute Gasteiger partial charge is 0.490 e. The first-order chi connectivity index (χ1) is 7.30. The summed E-state index contributed by atoms with van der Waals surface area (Å²) < 4.78 is 5.05. The van der Waals surface area contributed by atoms with Crippen LogP contribution >= 0.6 is 0 Å². The Kier molecular flexibility index (Phi) is 4.22. The summed E-state index contributed by atoms with van der Waals surface area (Å²) in [5.74, 6) is 0.237. The average molecular weight is 205 g/mol. The quantitative estimate of drug-likeness (QED) is 0.321. The van der Waals surface area contributed by atoms with Gasteiger partial charge in [-0.25, -0.2) is 0 Å². The fourth-order valence-electron chi connectivity index (χ4n) is 1.11. The zero-order valence-electron chi connectivity index (χ0n) is 8.34. The van der Waals surface area contributed by atoms with Gasteiger partial charge in [0.05, 0.1) is 6.61 Å². The average Bonchev–Trinajstić information content (AvgIpc) is 2.29. The van der Waals surface area contributed by atoms with E-state index in [9.17, 15) is 9.70 Å². The van der Waals surface area contributed by atoms with E-state index in [1.807, 2.05) is 0 Å². The number of rotatable bonds is 5. The molecule has 0 radical (unpaired) electrons. The highest BCUT2D eigenvalue weighted by molar-refractivity contribution is 5.79. The van der Waals surface area contributed by atoms with Gasteiger partial charge in [0.1, 0.15) is 5.69 Å². The number of hydrogen-bond donors (Lipinski definition) is 0. The van der Waals surface area contributed by atoms with E-state index >= 15 is 0 Å². The molecule has 0 aliphatic heterocycles. The van der Waals surface area contributed by atoms with Crippen LogP contribution in [0.25, 0.3) is 6.08 Å². The van der Waals surface area contributed by atoms with Crippen molar-refractivity contribution in [3.63, 3.8) is 0 Å². The zero-order chi connectivity index (χ0) is 11.1. The molecule has 4 heteroatoms. The minimum atomic E-state index is 0.237. The Labute approximate surface area is 87.5 Å². The lowest BCUT2D eigenvalue weighted by Gasteiger charge is -2.01. The van der Waals surface area contributed by atoms with E-state index in [0.29, 0.717) is 24.1 Å². The van der Waals surface area contributed by atoms with Crippen molar-refractivity contribution in [2.24, 2.45) is 5.18 Å². The van der Waals surface area contributed by atoms with Gasteiger partial charge in [-0.05, 0) is 35.9 Å². The molecule has 0 amide bonds. The standard InChI is InChI=1S/C11H11NO3/c1-2-15-11(8-13)7-9-4-3-5-10(6-9)12-14/h3-8H,2H2,1H3/b11-7-. The van der Waals surface area contributed by atoms with Gasteiger partial charge >= 0.3 is 0 Å². The van der Waals surface area contributed by atoms with Crippen LogP contribution in [0.1, 0.15) is 12.5 Å². The van der Waals surface area contributed by atoms with Crippen LogP contribution in [0.15, 0.2) is 35.2 Å². The molecule has 0 aliphatic carbocycles. The molecule has 0 saturated heterocycles. The van der Waals surface area contributed by atoms with Gasteiger partial charge < -0.3 is 4.74 Å². The van der Waals surface area contributed by atoms with Crippen molar-refractivity contribution in [2.75, 3.05) is 6.61 Å². The predicted octanol–water partition coefficient (Wildman–Crippen LogP) is 2.66. The van der Waals surface area contributed by atoms with Crippen LogP contribution in [0, 0.1) is 4.91 Å². The van der Waals surface area contributed by atoms with Crippen LogP contribution in [0.4, 0.5) is 5.69 Å². The summed E-state index contributed by atoms with van der Waals surface area (Å²) in [5, 5.41) is 2.80. The Morgan fingerprint density at radius 1 is 1.53 bits per heavy atom. The predicted molar refractivity (Wildman–Crippen MR) is 57.6 cm³/mol. The normalized spacial score (nSPS) is 10.9. The van der Waals surface area contributed by atoms with Crippen molar-refractivity contribution in [1.82, 2.24) is 0 Å². The SMILES string of the molecule is CCO/C(C=O)=C\c1cccc(N=O)c1. The van der Waals surface area contributed by atoms with Crippen molar-refractivity contribution >= 4 is 18.0 Å². The maximum Gasteiger partial charge on any atom is 0.184 e. The summed E-state index contributed by atoms with van der Waals surface area (Å²) in [5.41, 5.74) is 1.04. The van der Waals surface area contributed by atoms with Crippen molar-refractivity contribution in [3.05, 3.63) is 40.5 Å². The summed E-state index contributed by atoms with van der Waals surface area (Å²) in [6.45, 7) is 2.22. The molecule has 0 atom stereocenters. The topological polar surface area (TPSA) is 55.7 Å². The molecule has 0 spiro atoms. The molecule has 78 valence electrons. The Morgan fingerprint density at radius 3 is 2.93 bits per heavy atom. The van der Waals surface area contributed by atoms with Crippen LogP contribution in [0.2, 0.25) is 0 Å². The van der Waals surface area contributed by atoms with Gasteiger partial charge in [-0.1, -0.05) is 12.1 Å². The first-order valence-electron chi connectivity index (χ1n) is 4.53. The van der Waals surface area contributed by atoms with Crippen LogP contribution in [0.3, 0.4) is 0 Å². The maximum absolute atomic E-state index is 10.6. The van der Waals surface area contributed by atoms with E-state index in [2.05, 4.69) is 5.18 Å². The molecule has 0 saturated carbocycles. The van der Waals surface area contributed by atoms with E-state index in [-0.39, 0.29) is 5.76 Å². The number of allylic oxidation sites excluding steroid dienone is 1. The molecule has 0 aliphatic rings. The van der Waals surface area contributed by atoms with Crippen molar-refractivity contribution < 1.29 is 9.53 Å². The number of aldehydes is 1. The van der Waals surface area contributed by atoms with Gasteiger partial charge in [0.2, 0.25) is 0 Å². The Balaban J connectivity index is 2.94. The van der Waals surface area contributed by atoms with Gasteiger partial charge in [0, 0.05) is 0 Å². The lowest BCUT2D eigenvalue weighted by molar-refractivity contribution is -0.107. The zero-order valence-corrected chi connectivity index (χ0v) is 8.34. The number of nitroso groups, excluding NO2 is 1. The van der Waals surface area contributed by atoms with Crippen molar-refractivity contribution in [2.45, 2.75) is 6.92 Å². The Morgan fingerprint density at radius 2 is 2.33 bits per heavy atom. The number of ether oxygens (including phenoxy) is 1. The molecule has 4 nitrogen and oxygen atoms in total. The van der Waals surface area contributed by atoms with Gasteiger partial charge in [0.25, 0.3) is 0 Å². The minimum absolute atomic E-state index is 0.237. The van der Waals surface area contributed by atoms with Crippen LogP contribution in [0.5, 0.6) is 0 Å². The second-order valence-corrected chi connectivity index (χ2v) is 2.78. The van der Waals surface area contributed by atoms with Crippen LogP contribution < -0.4 is 0 Å². The Bertz CT molecular complexity index is 385. The van der Waals surface area contributed by atoms with Gasteiger partial charge in [-0.3, -0.25) is 4.79 Å². The third kappa shape index (κ3) is 3.34. The summed E-state index contributed by atoms with van der Waals surface area (Å²) in [7, 11) is 0. The molecule has 0 aromatic heterocycles. The molecule has 1 rings (SSSR count). The number of carbonyl (C=O) groups excluding carboxylic acids is 1. The summed E-state index contributed by atoms with van der Waals surface area (Å²) in [6.07, 6.45) is 2.19. The maximum atomic E-state index is 10.6. The fraction of sp³-hybridized carbons (Fsp3) is 0.182. The number of nitrogens with zero attached hydrogens (tertiary/aromatic N) is 1. The van der Waals surface area contributed by atoms with Gasteiger partial charge in [-0.15, -0.1) is 4.91 Å². The third-order valence-electron chi connectivity index (χ3n) is 1.71. The van der Waals surface area contributed by atoms with E-state index in [0.717, 1.165) is 0 Å². The highest BCUT2D eigenvalue weighted by Crippen LogP contribution is 2.15. The van der Waals surface area contributed by atoms with E-state index in [1.54, 1.807) is 37.3 Å². The van der Waals surface area contributed by atoms with Gasteiger partial charge in [-0.2, -0.15) is 0 Å². The lowest BCUT2D eigenvalue weighted by atomic mass is 10.2.